The van der Waals surface area contributed by atoms with Gasteiger partial charge in [-0.25, -0.2) is 13.2 Å². The van der Waals surface area contributed by atoms with Crippen molar-refractivity contribution in [1.29, 1.82) is 0 Å². The zero-order chi connectivity index (χ0) is 15.8. The molecule has 20 heavy (non-hydrogen) atoms. The second-order valence-electron chi connectivity index (χ2n) is 5.07. The Hall–Kier alpha value is -1.11. The monoisotopic (exact) mass is 307 g/mol. The molecular weight excluding hydrogens is 282 g/mol. The van der Waals surface area contributed by atoms with Crippen LogP contribution >= 0.6 is 0 Å². The van der Waals surface area contributed by atoms with E-state index in [-0.39, 0.29) is 24.0 Å². The van der Waals surface area contributed by atoms with Crippen molar-refractivity contribution in [3.05, 3.63) is 0 Å². The maximum absolute atomic E-state index is 12.0. The van der Waals surface area contributed by atoms with Gasteiger partial charge in [0.25, 0.3) is 0 Å². The molecule has 2 N–H and O–H groups in total. The molecule has 0 rings (SSSR count). The molecule has 0 radical (unpaired) electrons. The number of unbranched alkanes of at least 4 members (excludes halogenated alkanes) is 1. The number of carboxylic acids is 1. The van der Waals surface area contributed by atoms with E-state index < -0.39 is 21.8 Å². The fourth-order valence-electron chi connectivity index (χ4n) is 1.85. The number of carbonyl (C=O) groups is 2. The fourth-order valence-corrected chi connectivity index (χ4v) is 2.51. The molecule has 2 atom stereocenters. The summed E-state index contributed by atoms with van der Waals surface area (Å²) in [6, 6.07) is -1.15. The SMILES string of the molecule is CCCCC(CC)C(=O)NC(CCS(C)(=O)=O)C(=O)O. The molecule has 0 saturated heterocycles. The number of carbonyl (C=O) groups excluding carboxylic acids is 1. The van der Waals surface area contributed by atoms with E-state index in [1.54, 1.807) is 0 Å². The van der Waals surface area contributed by atoms with Gasteiger partial charge in [0.15, 0.2) is 0 Å². The first kappa shape index (κ1) is 18.9. The van der Waals surface area contributed by atoms with Crippen LogP contribution in [0.3, 0.4) is 0 Å². The molecule has 0 fully saturated rings. The second kappa shape index (κ2) is 8.94. The lowest BCUT2D eigenvalue weighted by Crippen LogP contribution is -2.44. The Kier molecular flexibility index (Phi) is 8.45. The number of amides is 1. The summed E-state index contributed by atoms with van der Waals surface area (Å²) >= 11 is 0. The third-order valence-corrected chi connectivity index (χ3v) is 4.14. The standard InChI is InChI=1S/C13H25NO5S/c1-4-6-7-10(5-2)12(15)14-11(13(16)17)8-9-20(3,18)19/h10-11H,4-9H2,1-3H3,(H,14,15)(H,16,17). The Morgan fingerprint density at radius 1 is 1.20 bits per heavy atom. The van der Waals surface area contributed by atoms with E-state index in [1.165, 1.54) is 0 Å². The van der Waals surface area contributed by atoms with Crippen molar-refractivity contribution in [1.82, 2.24) is 5.32 Å². The molecule has 0 saturated carbocycles. The van der Waals surface area contributed by atoms with Crippen LogP contribution in [0.15, 0.2) is 0 Å². The summed E-state index contributed by atoms with van der Waals surface area (Å²) < 4.78 is 22.1. The fraction of sp³-hybridized carbons (Fsp3) is 0.846. The van der Waals surface area contributed by atoms with Gasteiger partial charge in [0.05, 0.1) is 5.75 Å². The van der Waals surface area contributed by atoms with E-state index in [0.29, 0.717) is 6.42 Å². The van der Waals surface area contributed by atoms with Crippen LogP contribution in [0.5, 0.6) is 0 Å². The Bertz CT molecular complexity index is 418. The van der Waals surface area contributed by atoms with E-state index in [4.69, 9.17) is 5.11 Å². The minimum absolute atomic E-state index is 0.107. The Balaban J connectivity index is 4.57. The lowest BCUT2D eigenvalue weighted by atomic mass is 9.98. The molecule has 0 aliphatic heterocycles. The summed E-state index contributed by atoms with van der Waals surface area (Å²) in [6.07, 6.45) is 4.18. The Morgan fingerprint density at radius 3 is 2.20 bits per heavy atom. The van der Waals surface area contributed by atoms with Gasteiger partial charge >= 0.3 is 5.97 Å². The molecular formula is C13H25NO5S. The number of carboxylic acid groups (broad SMARTS) is 1. The molecule has 0 aliphatic rings. The van der Waals surface area contributed by atoms with Crippen molar-refractivity contribution in [3.8, 4) is 0 Å². The predicted octanol–water partition coefficient (Wildman–Crippen LogP) is 1.21. The van der Waals surface area contributed by atoms with Crippen LogP contribution in [0.4, 0.5) is 0 Å². The molecule has 0 heterocycles. The second-order valence-corrected chi connectivity index (χ2v) is 7.33. The summed E-state index contributed by atoms with van der Waals surface area (Å²) in [5.74, 6) is -1.97. The van der Waals surface area contributed by atoms with E-state index in [1.807, 2.05) is 13.8 Å². The smallest absolute Gasteiger partial charge is 0.326 e. The van der Waals surface area contributed by atoms with Gasteiger partial charge in [0, 0.05) is 12.2 Å². The van der Waals surface area contributed by atoms with E-state index in [9.17, 15) is 18.0 Å². The molecule has 118 valence electrons. The largest absolute Gasteiger partial charge is 0.480 e. The summed E-state index contributed by atoms with van der Waals surface area (Å²) in [7, 11) is -3.24. The third kappa shape index (κ3) is 8.14. The minimum atomic E-state index is -3.24. The zero-order valence-corrected chi connectivity index (χ0v) is 13.2. The summed E-state index contributed by atoms with van der Waals surface area (Å²) in [5.41, 5.74) is 0. The van der Waals surface area contributed by atoms with Crippen molar-refractivity contribution in [2.24, 2.45) is 5.92 Å². The van der Waals surface area contributed by atoms with Crippen molar-refractivity contribution >= 4 is 21.7 Å². The average molecular weight is 307 g/mol. The molecule has 0 aliphatic carbocycles. The van der Waals surface area contributed by atoms with Crippen molar-refractivity contribution in [2.45, 2.75) is 52.0 Å². The predicted molar refractivity (Wildman–Crippen MR) is 77.2 cm³/mol. The van der Waals surface area contributed by atoms with Gasteiger partial charge in [0.2, 0.25) is 5.91 Å². The maximum atomic E-state index is 12.0. The molecule has 0 bridgehead atoms. The third-order valence-electron chi connectivity index (χ3n) is 3.16. The molecule has 0 aromatic heterocycles. The first-order chi connectivity index (χ1) is 9.21. The van der Waals surface area contributed by atoms with E-state index in [0.717, 1.165) is 25.5 Å². The molecule has 7 heteroatoms. The molecule has 0 aromatic carbocycles. The van der Waals surface area contributed by atoms with Gasteiger partial charge < -0.3 is 10.4 Å². The number of rotatable bonds is 10. The highest BCUT2D eigenvalue weighted by molar-refractivity contribution is 7.90. The van der Waals surface area contributed by atoms with Gasteiger partial charge in [-0.05, 0) is 19.3 Å². The maximum Gasteiger partial charge on any atom is 0.326 e. The number of aliphatic carboxylic acids is 1. The summed E-state index contributed by atoms with van der Waals surface area (Å²) in [4.78, 5) is 23.1. The van der Waals surface area contributed by atoms with Gasteiger partial charge in [-0.1, -0.05) is 26.7 Å². The number of sulfone groups is 1. The highest BCUT2D eigenvalue weighted by Gasteiger charge is 2.24. The zero-order valence-electron chi connectivity index (χ0n) is 12.4. The topological polar surface area (TPSA) is 101 Å². The van der Waals surface area contributed by atoms with Crippen LogP contribution in [0.1, 0.15) is 46.0 Å². The van der Waals surface area contributed by atoms with Crippen LogP contribution in [0.2, 0.25) is 0 Å². The van der Waals surface area contributed by atoms with Crippen LogP contribution in [-0.2, 0) is 19.4 Å². The highest BCUT2D eigenvalue weighted by Crippen LogP contribution is 2.13. The number of hydrogen-bond acceptors (Lipinski definition) is 4. The van der Waals surface area contributed by atoms with Crippen LogP contribution in [-0.4, -0.2) is 43.5 Å². The van der Waals surface area contributed by atoms with Gasteiger partial charge in [0.1, 0.15) is 15.9 Å². The van der Waals surface area contributed by atoms with Crippen molar-refractivity contribution in [2.75, 3.05) is 12.0 Å². The normalized spacial score (nSPS) is 14.6. The van der Waals surface area contributed by atoms with Crippen molar-refractivity contribution < 1.29 is 23.1 Å². The first-order valence-corrected chi connectivity index (χ1v) is 8.98. The van der Waals surface area contributed by atoms with Crippen LogP contribution in [0, 0.1) is 5.92 Å². The lowest BCUT2D eigenvalue weighted by Gasteiger charge is -2.19. The van der Waals surface area contributed by atoms with Gasteiger partial charge in [-0.15, -0.1) is 0 Å². The molecule has 1 amide bonds. The van der Waals surface area contributed by atoms with E-state index in [2.05, 4.69) is 5.32 Å². The van der Waals surface area contributed by atoms with Crippen LogP contribution < -0.4 is 5.32 Å². The number of hydrogen-bond donors (Lipinski definition) is 2. The van der Waals surface area contributed by atoms with E-state index >= 15 is 0 Å². The quantitative estimate of drug-likeness (QED) is 0.632. The number of nitrogens with one attached hydrogen (secondary N) is 1. The minimum Gasteiger partial charge on any atom is -0.480 e. The molecule has 2 unspecified atom stereocenters. The van der Waals surface area contributed by atoms with Crippen molar-refractivity contribution in [3.63, 3.8) is 0 Å². The van der Waals surface area contributed by atoms with Crippen LogP contribution in [0.25, 0.3) is 0 Å². The highest BCUT2D eigenvalue weighted by atomic mass is 32.2. The molecule has 0 spiro atoms. The molecule has 6 nitrogen and oxygen atoms in total. The first-order valence-electron chi connectivity index (χ1n) is 6.92. The molecule has 0 aromatic rings. The van der Waals surface area contributed by atoms with Gasteiger partial charge in [-0.2, -0.15) is 0 Å². The van der Waals surface area contributed by atoms with Gasteiger partial charge in [-0.3, -0.25) is 4.79 Å². The lowest BCUT2D eigenvalue weighted by molar-refractivity contribution is -0.142. The summed E-state index contributed by atoms with van der Waals surface area (Å²) in [6.45, 7) is 3.91. The Morgan fingerprint density at radius 2 is 1.80 bits per heavy atom. The summed E-state index contributed by atoms with van der Waals surface area (Å²) in [5, 5.41) is 11.5. The average Bonchev–Trinajstić information content (AvgIpc) is 2.33. The Labute approximate surface area is 120 Å².